The SMILES string of the molecule is CCOc1ccc(-n2cncc2C(N)CO)cc1OCC. The normalized spacial score (nSPS) is 12.2. The minimum atomic E-state index is -0.477. The van der Waals surface area contributed by atoms with Crippen LogP contribution in [0.3, 0.4) is 0 Å². The quantitative estimate of drug-likeness (QED) is 0.810. The van der Waals surface area contributed by atoms with Gasteiger partial charge in [-0.25, -0.2) is 4.98 Å². The number of benzene rings is 1. The molecule has 1 unspecified atom stereocenters. The summed E-state index contributed by atoms with van der Waals surface area (Å²) in [7, 11) is 0. The Labute approximate surface area is 124 Å². The lowest BCUT2D eigenvalue weighted by Gasteiger charge is -2.15. The van der Waals surface area contributed by atoms with E-state index in [2.05, 4.69) is 4.98 Å². The lowest BCUT2D eigenvalue weighted by Crippen LogP contribution is -2.18. The molecule has 6 heteroatoms. The predicted octanol–water partition coefficient (Wildman–Crippen LogP) is 1.66. The van der Waals surface area contributed by atoms with Gasteiger partial charge in [0.25, 0.3) is 0 Å². The Morgan fingerprint density at radius 1 is 1.24 bits per heavy atom. The second-order valence-electron chi connectivity index (χ2n) is 4.47. The molecule has 0 aliphatic heterocycles. The van der Waals surface area contributed by atoms with E-state index >= 15 is 0 Å². The van der Waals surface area contributed by atoms with E-state index < -0.39 is 6.04 Å². The van der Waals surface area contributed by atoms with Gasteiger partial charge in [0.15, 0.2) is 11.5 Å². The first-order chi connectivity index (χ1) is 10.2. The van der Waals surface area contributed by atoms with Crippen molar-refractivity contribution < 1.29 is 14.6 Å². The monoisotopic (exact) mass is 291 g/mol. The van der Waals surface area contributed by atoms with E-state index in [1.54, 1.807) is 12.5 Å². The van der Waals surface area contributed by atoms with Crippen molar-refractivity contribution in [1.82, 2.24) is 9.55 Å². The molecule has 0 aliphatic carbocycles. The Bertz CT molecular complexity index is 583. The summed E-state index contributed by atoms with van der Waals surface area (Å²) in [6.45, 7) is 4.84. The Balaban J connectivity index is 2.40. The topological polar surface area (TPSA) is 82.5 Å². The summed E-state index contributed by atoms with van der Waals surface area (Å²) in [4.78, 5) is 4.10. The second-order valence-corrected chi connectivity index (χ2v) is 4.47. The molecule has 6 nitrogen and oxygen atoms in total. The van der Waals surface area contributed by atoms with Crippen LogP contribution in [0.25, 0.3) is 5.69 Å². The lowest BCUT2D eigenvalue weighted by molar-refractivity contribution is 0.265. The number of nitrogens with zero attached hydrogens (tertiary/aromatic N) is 2. The first kappa shape index (κ1) is 15.3. The third-order valence-electron chi connectivity index (χ3n) is 3.05. The summed E-state index contributed by atoms with van der Waals surface area (Å²) < 4.78 is 13.0. The van der Waals surface area contributed by atoms with Crippen LogP contribution in [0.5, 0.6) is 11.5 Å². The lowest BCUT2D eigenvalue weighted by atomic mass is 10.2. The van der Waals surface area contributed by atoms with Gasteiger partial charge in [0.05, 0.1) is 49.8 Å². The molecule has 0 saturated heterocycles. The molecule has 0 aliphatic rings. The smallest absolute Gasteiger partial charge is 0.163 e. The fourth-order valence-corrected chi connectivity index (χ4v) is 2.08. The molecule has 2 aromatic rings. The Hall–Kier alpha value is -2.05. The molecular formula is C15H21N3O3. The fraction of sp³-hybridized carbons (Fsp3) is 0.400. The molecule has 21 heavy (non-hydrogen) atoms. The molecule has 2 rings (SSSR count). The van der Waals surface area contributed by atoms with Crippen LogP contribution in [-0.4, -0.2) is 34.5 Å². The van der Waals surface area contributed by atoms with Gasteiger partial charge in [-0.15, -0.1) is 0 Å². The van der Waals surface area contributed by atoms with Crippen molar-refractivity contribution in [3.8, 4) is 17.2 Å². The van der Waals surface area contributed by atoms with Gasteiger partial charge in [-0.1, -0.05) is 0 Å². The molecule has 0 fully saturated rings. The van der Waals surface area contributed by atoms with E-state index in [1.165, 1.54) is 0 Å². The van der Waals surface area contributed by atoms with E-state index in [0.717, 1.165) is 11.4 Å². The number of hydrogen-bond donors (Lipinski definition) is 2. The van der Waals surface area contributed by atoms with Crippen LogP contribution in [0.4, 0.5) is 0 Å². The van der Waals surface area contributed by atoms with Crippen LogP contribution in [-0.2, 0) is 0 Å². The zero-order valence-corrected chi connectivity index (χ0v) is 12.3. The maximum Gasteiger partial charge on any atom is 0.163 e. The minimum absolute atomic E-state index is 0.138. The second kappa shape index (κ2) is 7.10. The molecular weight excluding hydrogens is 270 g/mol. The summed E-state index contributed by atoms with van der Waals surface area (Å²) in [6.07, 6.45) is 3.31. The molecule has 3 N–H and O–H groups in total. The first-order valence-electron chi connectivity index (χ1n) is 6.99. The number of aliphatic hydroxyl groups excluding tert-OH is 1. The standard InChI is InChI=1S/C15H21N3O3/c1-3-20-14-6-5-11(7-15(14)21-4-2)18-10-17-8-13(18)12(16)9-19/h5-8,10,12,19H,3-4,9,16H2,1-2H3. The zero-order chi connectivity index (χ0) is 15.2. The number of nitrogens with two attached hydrogens (primary N) is 1. The van der Waals surface area contributed by atoms with Crippen LogP contribution in [0.1, 0.15) is 25.6 Å². The molecule has 0 spiro atoms. The van der Waals surface area contributed by atoms with Crippen LogP contribution in [0.15, 0.2) is 30.7 Å². The van der Waals surface area contributed by atoms with Crippen molar-refractivity contribution in [3.63, 3.8) is 0 Å². The maximum atomic E-state index is 9.22. The van der Waals surface area contributed by atoms with Gasteiger partial charge in [-0.2, -0.15) is 0 Å². The average molecular weight is 291 g/mol. The van der Waals surface area contributed by atoms with Gasteiger partial charge in [-0.3, -0.25) is 0 Å². The van der Waals surface area contributed by atoms with Crippen LogP contribution in [0, 0.1) is 0 Å². The number of aliphatic hydroxyl groups is 1. The van der Waals surface area contributed by atoms with Gasteiger partial charge in [-0.05, 0) is 26.0 Å². The number of hydrogen-bond acceptors (Lipinski definition) is 5. The van der Waals surface area contributed by atoms with E-state index in [-0.39, 0.29) is 6.61 Å². The highest BCUT2D eigenvalue weighted by atomic mass is 16.5. The molecule has 1 aromatic heterocycles. The molecule has 0 radical (unpaired) electrons. The van der Waals surface area contributed by atoms with Crippen molar-refractivity contribution in [2.75, 3.05) is 19.8 Å². The number of rotatable bonds is 7. The highest BCUT2D eigenvalue weighted by molar-refractivity contribution is 5.49. The van der Waals surface area contributed by atoms with Gasteiger partial charge in [0, 0.05) is 6.07 Å². The summed E-state index contributed by atoms with van der Waals surface area (Å²) in [5, 5.41) is 9.22. The van der Waals surface area contributed by atoms with Gasteiger partial charge >= 0.3 is 0 Å². The van der Waals surface area contributed by atoms with Crippen LogP contribution >= 0.6 is 0 Å². The molecule has 0 bridgehead atoms. The van der Waals surface area contributed by atoms with Crippen molar-refractivity contribution in [2.24, 2.45) is 5.73 Å². The predicted molar refractivity (Wildman–Crippen MR) is 79.9 cm³/mol. The highest BCUT2D eigenvalue weighted by Crippen LogP contribution is 2.30. The molecule has 0 amide bonds. The zero-order valence-electron chi connectivity index (χ0n) is 12.3. The van der Waals surface area contributed by atoms with Crippen molar-refractivity contribution >= 4 is 0 Å². The highest BCUT2D eigenvalue weighted by Gasteiger charge is 2.14. The molecule has 1 atom stereocenters. The van der Waals surface area contributed by atoms with Gasteiger partial charge in [0.1, 0.15) is 0 Å². The maximum absolute atomic E-state index is 9.22. The molecule has 114 valence electrons. The van der Waals surface area contributed by atoms with Gasteiger partial charge < -0.3 is 24.9 Å². The van der Waals surface area contributed by atoms with Crippen LogP contribution in [0.2, 0.25) is 0 Å². The Kier molecular flexibility index (Phi) is 5.19. The van der Waals surface area contributed by atoms with E-state index in [9.17, 15) is 5.11 Å². The summed E-state index contributed by atoms with van der Waals surface area (Å²) in [5.41, 5.74) is 7.48. The average Bonchev–Trinajstić information content (AvgIpc) is 2.98. The third-order valence-corrected chi connectivity index (χ3v) is 3.05. The van der Waals surface area contributed by atoms with Crippen molar-refractivity contribution in [2.45, 2.75) is 19.9 Å². The Morgan fingerprint density at radius 2 is 1.95 bits per heavy atom. The third kappa shape index (κ3) is 3.34. The summed E-state index contributed by atoms with van der Waals surface area (Å²) >= 11 is 0. The molecule has 1 heterocycles. The van der Waals surface area contributed by atoms with E-state index in [4.69, 9.17) is 15.2 Å². The van der Waals surface area contributed by atoms with Crippen molar-refractivity contribution in [1.29, 1.82) is 0 Å². The molecule has 1 aromatic carbocycles. The first-order valence-corrected chi connectivity index (χ1v) is 6.99. The molecule has 0 saturated carbocycles. The largest absolute Gasteiger partial charge is 0.490 e. The number of aromatic nitrogens is 2. The number of imidazole rings is 1. The van der Waals surface area contributed by atoms with E-state index in [1.807, 2.05) is 36.6 Å². The summed E-state index contributed by atoms with van der Waals surface area (Å²) in [6, 6.07) is 5.17. The fourth-order valence-electron chi connectivity index (χ4n) is 2.08. The summed E-state index contributed by atoms with van der Waals surface area (Å²) in [5.74, 6) is 1.38. The Morgan fingerprint density at radius 3 is 2.62 bits per heavy atom. The number of ether oxygens (including phenoxy) is 2. The van der Waals surface area contributed by atoms with Gasteiger partial charge in [0.2, 0.25) is 0 Å². The van der Waals surface area contributed by atoms with Crippen molar-refractivity contribution in [3.05, 3.63) is 36.4 Å². The van der Waals surface area contributed by atoms with E-state index in [0.29, 0.717) is 24.7 Å². The van der Waals surface area contributed by atoms with Crippen LogP contribution < -0.4 is 15.2 Å². The minimum Gasteiger partial charge on any atom is -0.490 e.